The second-order valence-corrected chi connectivity index (χ2v) is 6.89. The number of hydrogen-bond acceptors (Lipinski definition) is 3. The quantitative estimate of drug-likeness (QED) is 0.406. The van der Waals surface area contributed by atoms with E-state index in [9.17, 15) is 0 Å². The van der Waals surface area contributed by atoms with E-state index in [-0.39, 0.29) is 0 Å². The van der Waals surface area contributed by atoms with Crippen molar-refractivity contribution in [1.29, 1.82) is 0 Å². The first-order valence-electron chi connectivity index (χ1n) is 6.57. The molecule has 0 bridgehead atoms. The van der Waals surface area contributed by atoms with E-state index in [2.05, 4.69) is 47.9 Å². The Morgan fingerprint density at radius 2 is 1.90 bits per heavy atom. The summed E-state index contributed by atoms with van der Waals surface area (Å²) < 4.78 is 10.1. The molecule has 5 rings (SSSR count). The molecule has 2 aromatic carbocycles. The number of ether oxygens (including phenoxy) is 1. The lowest BCUT2D eigenvalue weighted by atomic mass is 9.99. The summed E-state index contributed by atoms with van der Waals surface area (Å²) in [6.07, 6.45) is 4.30. The van der Waals surface area contributed by atoms with E-state index in [1.807, 2.05) is 22.7 Å². The van der Waals surface area contributed by atoms with Crippen LogP contribution in [0.4, 0.5) is 0 Å². The molecule has 1 nitrogen and oxygen atoms in total. The third-order valence-electron chi connectivity index (χ3n) is 3.84. The molecule has 3 heteroatoms. The Kier molecular flexibility index (Phi) is 2.09. The average molecular weight is 294 g/mol. The van der Waals surface area contributed by atoms with Gasteiger partial charge in [0, 0.05) is 20.3 Å². The van der Waals surface area contributed by atoms with Crippen LogP contribution in [0.5, 0.6) is 5.75 Å². The minimum atomic E-state index is 0.670. The first kappa shape index (κ1) is 10.9. The van der Waals surface area contributed by atoms with E-state index in [0.29, 0.717) is 6.61 Å². The summed E-state index contributed by atoms with van der Waals surface area (Å²) in [6.45, 7) is 0.670. The summed E-state index contributed by atoms with van der Waals surface area (Å²) >= 11 is 3.69. The molecule has 0 aliphatic carbocycles. The maximum Gasteiger partial charge on any atom is 0.137 e. The predicted molar refractivity (Wildman–Crippen MR) is 89.2 cm³/mol. The number of hydrogen-bond donors (Lipinski definition) is 0. The molecule has 0 radical (unpaired) electrons. The second-order valence-electron chi connectivity index (χ2n) is 4.92. The minimum Gasteiger partial charge on any atom is -0.488 e. The van der Waals surface area contributed by atoms with Gasteiger partial charge < -0.3 is 4.74 Å². The molecule has 0 atom stereocenters. The Labute approximate surface area is 123 Å². The van der Waals surface area contributed by atoms with Crippen molar-refractivity contribution >= 4 is 59.0 Å². The van der Waals surface area contributed by atoms with E-state index < -0.39 is 0 Å². The van der Waals surface area contributed by atoms with Gasteiger partial charge in [-0.05, 0) is 22.9 Å². The fraction of sp³-hybridized carbons (Fsp3) is 0.0588. The lowest BCUT2D eigenvalue weighted by molar-refractivity contribution is 0.364. The van der Waals surface area contributed by atoms with Gasteiger partial charge in [0.05, 0.1) is 10.1 Å². The first-order valence-corrected chi connectivity index (χ1v) is 8.27. The zero-order chi connectivity index (χ0) is 13.1. The van der Waals surface area contributed by atoms with Crippen molar-refractivity contribution in [2.24, 2.45) is 0 Å². The van der Waals surface area contributed by atoms with Crippen molar-refractivity contribution in [1.82, 2.24) is 0 Å². The fourth-order valence-electron chi connectivity index (χ4n) is 3.01. The van der Waals surface area contributed by atoms with Crippen LogP contribution in [-0.2, 0) is 0 Å². The molecule has 96 valence electrons. The summed E-state index contributed by atoms with van der Waals surface area (Å²) in [5.41, 5.74) is 1.23. The molecule has 1 aliphatic rings. The molecule has 3 heterocycles. The van der Waals surface area contributed by atoms with Crippen LogP contribution in [0, 0.1) is 0 Å². The molecule has 20 heavy (non-hydrogen) atoms. The third-order valence-corrected chi connectivity index (χ3v) is 6.09. The summed E-state index contributed by atoms with van der Waals surface area (Å²) in [4.78, 5) is 0. The van der Waals surface area contributed by atoms with Gasteiger partial charge in [0.2, 0.25) is 0 Å². The van der Waals surface area contributed by atoms with Gasteiger partial charge in [-0.3, -0.25) is 0 Å². The normalized spacial score (nSPS) is 14.0. The Bertz CT molecular complexity index is 1000. The molecular formula is C17H10OS2. The summed E-state index contributed by atoms with van der Waals surface area (Å²) in [7, 11) is 0. The number of benzene rings is 2. The van der Waals surface area contributed by atoms with E-state index in [1.54, 1.807) is 0 Å². The minimum absolute atomic E-state index is 0.670. The molecule has 0 N–H and O–H groups in total. The molecule has 2 aromatic heterocycles. The SMILES string of the molecule is C1=Cc2c(c3c4sccc4sc3c3ccccc23)OC1. The smallest absolute Gasteiger partial charge is 0.137 e. The zero-order valence-corrected chi connectivity index (χ0v) is 12.2. The Hall–Kier alpha value is -1.84. The van der Waals surface area contributed by atoms with Gasteiger partial charge in [0.15, 0.2) is 0 Å². The van der Waals surface area contributed by atoms with Gasteiger partial charge in [-0.15, -0.1) is 22.7 Å². The van der Waals surface area contributed by atoms with Gasteiger partial charge in [-0.1, -0.05) is 30.3 Å². The lowest BCUT2D eigenvalue weighted by Gasteiger charge is -2.16. The summed E-state index contributed by atoms with van der Waals surface area (Å²) in [5, 5.41) is 6.10. The van der Waals surface area contributed by atoms with E-state index in [1.165, 1.54) is 35.8 Å². The zero-order valence-electron chi connectivity index (χ0n) is 10.6. The lowest BCUT2D eigenvalue weighted by Crippen LogP contribution is -2.01. The van der Waals surface area contributed by atoms with Gasteiger partial charge in [-0.25, -0.2) is 0 Å². The average Bonchev–Trinajstić information content (AvgIpc) is 3.08. The van der Waals surface area contributed by atoms with Crippen molar-refractivity contribution < 1.29 is 4.74 Å². The molecule has 0 saturated carbocycles. The Morgan fingerprint density at radius 3 is 2.85 bits per heavy atom. The van der Waals surface area contributed by atoms with E-state index in [0.717, 1.165) is 5.75 Å². The van der Waals surface area contributed by atoms with Crippen molar-refractivity contribution in [3.05, 3.63) is 47.4 Å². The fourth-order valence-corrected chi connectivity index (χ4v) is 5.40. The highest BCUT2D eigenvalue weighted by molar-refractivity contribution is 7.32. The van der Waals surface area contributed by atoms with Gasteiger partial charge in [-0.2, -0.15) is 0 Å². The third kappa shape index (κ3) is 1.27. The van der Waals surface area contributed by atoms with Crippen molar-refractivity contribution in [3.63, 3.8) is 0 Å². The molecule has 0 saturated heterocycles. The van der Waals surface area contributed by atoms with Crippen molar-refractivity contribution in [3.8, 4) is 5.75 Å². The van der Waals surface area contributed by atoms with Crippen LogP contribution >= 0.6 is 22.7 Å². The Balaban J connectivity index is 2.16. The summed E-state index contributed by atoms with van der Waals surface area (Å²) in [5.74, 6) is 1.06. The van der Waals surface area contributed by atoms with Crippen LogP contribution in [0.25, 0.3) is 36.3 Å². The topological polar surface area (TPSA) is 9.23 Å². The second kappa shape index (κ2) is 3.84. The largest absolute Gasteiger partial charge is 0.488 e. The number of thiophene rings is 2. The van der Waals surface area contributed by atoms with Crippen LogP contribution in [0.2, 0.25) is 0 Å². The van der Waals surface area contributed by atoms with Crippen molar-refractivity contribution in [2.45, 2.75) is 0 Å². The molecule has 0 spiro atoms. The van der Waals surface area contributed by atoms with Crippen molar-refractivity contribution in [2.75, 3.05) is 6.61 Å². The maximum atomic E-state index is 6.01. The van der Waals surface area contributed by atoms with Gasteiger partial charge in [0.1, 0.15) is 12.4 Å². The monoisotopic (exact) mass is 294 g/mol. The van der Waals surface area contributed by atoms with Gasteiger partial charge in [0.25, 0.3) is 0 Å². The maximum absolute atomic E-state index is 6.01. The molecule has 0 amide bonds. The highest BCUT2D eigenvalue weighted by Gasteiger charge is 2.20. The Morgan fingerprint density at radius 1 is 1.00 bits per heavy atom. The molecule has 0 unspecified atom stereocenters. The van der Waals surface area contributed by atoms with Gasteiger partial charge >= 0.3 is 0 Å². The van der Waals surface area contributed by atoms with Crippen LogP contribution < -0.4 is 4.74 Å². The molecule has 0 fully saturated rings. The molecule has 1 aliphatic heterocycles. The highest BCUT2D eigenvalue weighted by atomic mass is 32.1. The van der Waals surface area contributed by atoms with E-state index in [4.69, 9.17) is 4.74 Å². The van der Waals surface area contributed by atoms with Crippen LogP contribution in [0.15, 0.2) is 41.8 Å². The number of rotatable bonds is 0. The van der Waals surface area contributed by atoms with Crippen LogP contribution in [0.3, 0.4) is 0 Å². The number of fused-ring (bicyclic) bond motifs is 8. The van der Waals surface area contributed by atoms with Crippen LogP contribution in [-0.4, -0.2) is 6.61 Å². The summed E-state index contributed by atoms with van der Waals surface area (Å²) in [6, 6.07) is 10.9. The first-order chi connectivity index (χ1) is 9.93. The molecular weight excluding hydrogens is 284 g/mol. The highest BCUT2D eigenvalue weighted by Crippen LogP contribution is 2.48. The standard InChI is InChI=1S/C17H10OS2/c1-2-5-12-10(4-1)11-6-3-8-18-15(11)14-16(12)20-13-7-9-19-17(13)14/h1-7,9H,8H2. The molecule has 4 aromatic rings. The van der Waals surface area contributed by atoms with Crippen LogP contribution in [0.1, 0.15) is 5.56 Å². The predicted octanol–water partition coefficient (Wildman–Crippen LogP) is 5.67. The van der Waals surface area contributed by atoms with E-state index >= 15 is 0 Å².